The molecule has 0 aliphatic heterocycles. The highest BCUT2D eigenvalue weighted by atomic mass is 19.3. The summed E-state index contributed by atoms with van der Waals surface area (Å²) in [6.07, 6.45) is -0.253. The van der Waals surface area contributed by atoms with Gasteiger partial charge in [0.1, 0.15) is 0 Å². The van der Waals surface area contributed by atoms with Crippen molar-refractivity contribution in [3.8, 4) is 0 Å². The van der Waals surface area contributed by atoms with Crippen molar-refractivity contribution in [1.82, 2.24) is 0 Å². The van der Waals surface area contributed by atoms with Crippen molar-refractivity contribution in [1.29, 1.82) is 0 Å². The Morgan fingerprint density at radius 1 is 1.05 bits per heavy atom. The van der Waals surface area contributed by atoms with Gasteiger partial charge in [0.05, 0.1) is 5.60 Å². The zero-order chi connectivity index (χ0) is 17.1. The molecule has 0 heterocycles. The van der Waals surface area contributed by atoms with Crippen molar-refractivity contribution >= 4 is 11.6 Å². The summed E-state index contributed by atoms with van der Waals surface area (Å²) in [5, 5.41) is 10.2. The molecule has 0 radical (unpaired) electrons. The first kappa shape index (κ1) is 18.4. The molecule has 0 saturated carbocycles. The van der Waals surface area contributed by atoms with E-state index < -0.39 is 11.7 Å². The van der Waals surface area contributed by atoms with Gasteiger partial charge < -0.3 is 5.11 Å². The van der Waals surface area contributed by atoms with E-state index in [4.69, 9.17) is 0 Å². The third kappa shape index (κ3) is 4.44. The molecule has 0 fully saturated rings. The standard InChI is InChI=1S/C17H22F2O3/c1-10-11(2)16(21)13(12(3)15(10)20)7-9-17(4,22)8-5-6-14(18)19/h6,22H,5,7-9H2,1-4H3. The normalized spacial score (nSPS) is 18.7. The van der Waals surface area contributed by atoms with Crippen LogP contribution in [0.3, 0.4) is 0 Å². The molecule has 0 aromatic carbocycles. The number of halogens is 2. The molecule has 0 aromatic rings. The van der Waals surface area contributed by atoms with Gasteiger partial charge in [0.15, 0.2) is 11.6 Å². The fraction of sp³-hybridized carbons (Fsp3) is 0.529. The van der Waals surface area contributed by atoms with Gasteiger partial charge in [0, 0.05) is 22.3 Å². The van der Waals surface area contributed by atoms with Gasteiger partial charge in [-0.15, -0.1) is 0 Å². The molecule has 1 N–H and O–H groups in total. The summed E-state index contributed by atoms with van der Waals surface area (Å²) < 4.78 is 24.0. The van der Waals surface area contributed by atoms with E-state index in [0.29, 0.717) is 22.3 Å². The van der Waals surface area contributed by atoms with E-state index in [2.05, 4.69) is 0 Å². The summed E-state index contributed by atoms with van der Waals surface area (Å²) >= 11 is 0. The highest BCUT2D eigenvalue weighted by Crippen LogP contribution is 2.30. The van der Waals surface area contributed by atoms with E-state index in [0.717, 1.165) is 6.08 Å². The van der Waals surface area contributed by atoms with Crippen LogP contribution >= 0.6 is 0 Å². The van der Waals surface area contributed by atoms with Gasteiger partial charge in [-0.3, -0.25) is 9.59 Å². The van der Waals surface area contributed by atoms with Crippen molar-refractivity contribution in [3.63, 3.8) is 0 Å². The first-order valence-electron chi connectivity index (χ1n) is 7.27. The Hall–Kier alpha value is -1.62. The van der Waals surface area contributed by atoms with E-state index in [1.54, 1.807) is 27.7 Å². The Balaban J connectivity index is 2.77. The van der Waals surface area contributed by atoms with Gasteiger partial charge in [-0.1, -0.05) is 0 Å². The Morgan fingerprint density at radius 3 is 2.14 bits per heavy atom. The second-order valence-corrected chi connectivity index (χ2v) is 6.04. The van der Waals surface area contributed by atoms with Crippen molar-refractivity contribution < 1.29 is 23.5 Å². The molecular formula is C17H22F2O3. The molecule has 0 aromatic heterocycles. The largest absolute Gasteiger partial charge is 0.390 e. The Morgan fingerprint density at radius 2 is 1.59 bits per heavy atom. The monoisotopic (exact) mass is 312 g/mol. The fourth-order valence-electron chi connectivity index (χ4n) is 2.47. The molecule has 0 bridgehead atoms. The first-order chi connectivity index (χ1) is 10.1. The average Bonchev–Trinajstić information content (AvgIpc) is 2.42. The minimum Gasteiger partial charge on any atom is -0.390 e. The molecule has 0 spiro atoms. The van der Waals surface area contributed by atoms with Crippen LogP contribution in [0.2, 0.25) is 0 Å². The van der Waals surface area contributed by atoms with Crippen LogP contribution in [0.4, 0.5) is 8.78 Å². The highest BCUT2D eigenvalue weighted by molar-refractivity contribution is 6.24. The number of hydrogen-bond donors (Lipinski definition) is 1. The summed E-state index contributed by atoms with van der Waals surface area (Å²) in [6, 6.07) is 0. The lowest BCUT2D eigenvalue weighted by Crippen LogP contribution is -2.26. The van der Waals surface area contributed by atoms with Gasteiger partial charge in [-0.05, 0) is 59.5 Å². The SMILES string of the molecule is CC1=C(C)C(=O)C(CCC(C)(O)CCC=C(F)F)=C(C)C1=O. The molecule has 22 heavy (non-hydrogen) atoms. The van der Waals surface area contributed by atoms with Crippen LogP contribution in [-0.2, 0) is 9.59 Å². The zero-order valence-electron chi connectivity index (χ0n) is 13.4. The maximum Gasteiger partial charge on any atom is 0.266 e. The van der Waals surface area contributed by atoms with Gasteiger partial charge >= 0.3 is 0 Å². The smallest absolute Gasteiger partial charge is 0.266 e. The summed E-state index contributed by atoms with van der Waals surface area (Å²) in [5.74, 6) is -0.311. The van der Waals surface area contributed by atoms with Crippen LogP contribution in [-0.4, -0.2) is 22.3 Å². The van der Waals surface area contributed by atoms with Crippen molar-refractivity contribution in [2.24, 2.45) is 0 Å². The van der Waals surface area contributed by atoms with E-state index in [9.17, 15) is 23.5 Å². The molecule has 1 aliphatic rings. The average molecular weight is 312 g/mol. The number of Topliss-reactive ketones (excluding diaryl/α,β-unsaturated/α-hetero) is 2. The molecular weight excluding hydrogens is 290 g/mol. The number of hydrogen-bond acceptors (Lipinski definition) is 3. The minimum absolute atomic E-state index is 0.0677. The van der Waals surface area contributed by atoms with Crippen molar-refractivity contribution in [3.05, 3.63) is 34.4 Å². The maximum absolute atomic E-state index is 12.3. The topological polar surface area (TPSA) is 54.4 Å². The number of ketones is 2. The van der Waals surface area contributed by atoms with Crippen LogP contribution in [0.1, 0.15) is 53.4 Å². The summed E-state index contributed by atoms with van der Waals surface area (Å²) in [6.45, 7) is 6.41. The minimum atomic E-state index is -1.77. The van der Waals surface area contributed by atoms with E-state index in [-0.39, 0.29) is 37.2 Å². The third-order valence-corrected chi connectivity index (χ3v) is 4.21. The predicted molar refractivity (Wildman–Crippen MR) is 80.5 cm³/mol. The number of aliphatic hydroxyl groups is 1. The number of carbonyl (C=O) groups excluding carboxylic acids is 2. The van der Waals surface area contributed by atoms with Crippen molar-refractivity contribution in [2.45, 2.75) is 59.0 Å². The van der Waals surface area contributed by atoms with Gasteiger partial charge in [0.2, 0.25) is 0 Å². The highest BCUT2D eigenvalue weighted by Gasteiger charge is 2.29. The molecule has 0 saturated heterocycles. The molecule has 1 rings (SSSR count). The van der Waals surface area contributed by atoms with Crippen LogP contribution in [0.25, 0.3) is 0 Å². The van der Waals surface area contributed by atoms with E-state index in [1.807, 2.05) is 0 Å². The summed E-state index contributed by atoms with van der Waals surface area (Å²) in [4.78, 5) is 24.3. The molecule has 1 atom stereocenters. The lowest BCUT2D eigenvalue weighted by Gasteiger charge is -2.25. The number of carbonyl (C=O) groups is 2. The molecule has 122 valence electrons. The maximum atomic E-state index is 12.3. The predicted octanol–water partition coefficient (Wildman–Crippen LogP) is 3.88. The lowest BCUT2D eigenvalue weighted by atomic mass is 9.82. The van der Waals surface area contributed by atoms with Crippen LogP contribution in [0.5, 0.6) is 0 Å². The van der Waals surface area contributed by atoms with Gasteiger partial charge in [-0.2, -0.15) is 8.78 Å². The Labute approximate surface area is 129 Å². The third-order valence-electron chi connectivity index (χ3n) is 4.21. The quantitative estimate of drug-likeness (QED) is 0.757. The van der Waals surface area contributed by atoms with Crippen LogP contribution < -0.4 is 0 Å². The zero-order valence-corrected chi connectivity index (χ0v) is 13.4. The molecule has 5 heteroatoms. The van der Waals surface area contributed by atoms with Crippen LogP contribution in [0.15, 0.2) is 34.4 Å². The second-order valence-electron chi connectivity index (χ2n) is 6.04. The molecule has 3 nitrogen and oxygen atoms in total. The summed E-state index contributed by atoms with van der Waals surface area (Å²) in [5.41, 5.74) is 0.570. The molecule has 1 aliphatic carbocycles. The van der Waals surface area contributed by atoms with E-state index >= 15 is 0 Å². The first-order valence-corrected chi connectivity index (χ1v) is 7.27. The van der Waals surface area contributed by atoms with Gasteiger partial charge in [0.25, 0.3) is 6.08 Å². The van der Waals surface area contributed by atoms with Gasteiger partial charge in [-0.25, -0.2) is 0 Å². The molecule has 1 unspecified atom stereocenters. The van der Waals surface area contributed by atoms with Crippen LogP contribution in [0, 0.1) is 0 Å². The lowest BCUT2D eigenvalue weighted by molar-refractivity contribution is -0.116. The second kappa shape index (κ2) is 7.09. The number of rotatable bonds is 6. The van der Waals surface area contributed by atoms with E-state index in [1.165, 1.54) is 0 Å². The number of allylic oxidation sites excluding steroid dienone is 5. The van der Waals surface area contributed by atoms with Crippen molar-refractivity contribution in [2.75, 3.05) is 0 Å². The fourth-order valence-corrected chi connectivity index (χ4v) is 2.47. The molecule has 0 amide bonds. The summed E-state index contributed by atoms with van der Waals surface area (Å²) in [7, 11) is 0. The Kier molecular flexibility index (Phi) is 5.94. The Bertz CT molecular complexity index is 577.